The summed E-state index contributed by atoms with van der Waals surface area (Å²) < 4.78 is 0. The Bertz CT molecular complexity index is 177. The van der Waals surface area contributed by atoms with Crippen molar-refractivity contribution in [3.63, 3.8) is 0 Å². The fourth-order valence-electron chi connectivity index (χ4n) is 2.69. The van der Waals surface area contributed by atoms with Crippen LogP contribution in [0.25, 0.3) is 0 Å². The fourth-order valence-corrected chi connectivity index (χ4v) is 2.69. The first-order valence-corrected chi connectivity index (χ1v) is 5.68. The zero-order chi connectivity index (χ0) is 9.31. The SMILES string of the molecule is CC1(C)CCN[C@H]2CCCC[C@@H]2N1. The van der Waals surface area contributed by atoms with E-state index in [1.165, 1.54) is 38.6 Å². The zero-order valence-electron chi connectivity index (χ0n) is 8.90. The summed E-state index contributed by atoms with van der Waals surface area (Å²) in [6.45, 7) is 5.83. The summed E-state index contributed by atoms with van der Waals surface area (Å²) >= 11 is 0. The largest absolute Gasteiger partial charge is 0.312 e. The minimum absolute atomic E-state index is 0.337. The summed E-state index contributed by atoms with van der Waals surface area (Å²) in [6, 6.07) is 1.47. The van der Waals surface area contributed by atoms with Gasteiger partial charge in [0, 0.05) is 17.6 Å². The Kier molecular flexibility index (Phi) is 2.61. The van der Waals surface area contributed by atoms with E-state index in [4.69, 9.17) is 0 Å². The second-order valence-corrected chi connectivity index (χ2v) is 5.23. The minimum Gasteiger partial charge on any atom is -0.312 e. The van der Waals surface area contributed by atoms with Crippen LogP contribution in [0.5, 0.6) is 0 Å². The zero-order valence-corrected chi connectivity index (χ0v) is 8.90. The lowest BCUT2D eigenvalue weighted by Gasteiger charge is -2.35. The summed E-state index contributed by atoms with van der Waals surface area (Å²) in [5.41, 5.74) is 0.337. The van der Waals surface area contributed by atoms with Crippen molar-refractivity contribution in [2.45, 2.75) is 63.6 Å². The highest BCUT2D eigenvalue weighted by molar-refractivity contribution is 4.95. The quantitative estimate of drug-likeness (QED) is 0.595. The lowest BCUT2D eigenvalue weighted by atomic mass is 9.89. The van der Waals surface area contributed by atoms with Gasteiger partial charge in [-0.15, -0.1) is 0 Å². The molecule has 76 valence electrons. The standard InChI is InChI=1S/C11H22N2/c1-11(2)7-8-12-9-5-3-4-6-10(9)13-11/h9-10,12-13H,3-8H2,1-2H3/t9-,10-/m0/s1. The van der Waals surface area contributed by atoms with Crippen LogP contribution in [-0.4, -0.2) is 24.2 Å². The van der Waals surface area contributed by atoms with Crippen LogP contribution in [0, 0.1) is 0 Å². The van der Waals surface area contributed by atoms with Crippen molar-refractivity contribution < 1.29 is 0 Å². The number of hydrogen-bond acceptors (Lipinski definition) is 2. The van der Waals surface area contributed by atoms with E-state index >= 15 is 0 Å². The molecule has 1 saturated carbocycles. The second kappa shape index (κ2) is 3.58. The molecule has 0 radical (unpaired) electrons. The Morgan fingerprint density at radius 3 is 2.54 bits per heavy atom. The molecule has 2 aliphatic rings. The van der Waals surface area contributed by atoms with Gasteiger partial charge < -0.3 is 10.6 Å². The van der Waals surface area contributed by atoms with Gasteiger partial charge in [0.15, 0.2) is 0 Å². The van der Waals surface area contributed by atoms with E-state index in [0.717, 1.165) is 12.1 Å². The molecule has 0 aromatic carbocycles. The number of rotatable bonds is 0. The monoisotopic (exact) mass is 182 g/mol. The van der Waals surface area contributed by atoms with E-state index in [1.807, 2.05) is 0 Å². The molecule has 1 aliphatic heterocycles. The van der Waals surface area contributed by atoms with E-state index in [0.29, 0.717) is 5.54 Å². The third kappa shape index (κ3) is 2.23. The Labute approximate surface area is 81.5 Å². The lowest BCUT2D eigenvalue weighted by Crippen LogP contribution is -2.52. The summed E-state index contributed by atoms with van der Waals surface area (Å²) in [4.78, 5) is 0. The predicted molar refractivity (Wildman–Crippen MR) is 55.9 cm³/mol. The smallest absolute Gasteiger partial charge is 0.0226 e. The van der Waals surface area contributed by atoms with Crippen LogP contribution in [0.3, 0.4) is 0 Å². The second-order valence-electron chi connectivity index (χ2n) is 5.23. The summed E-state index contributed by atoms with van der Waals surface area (Å²) in [7, 11) is 0. The summed E-state index contributed by atoms with van der Waals surface area (Å²) in [6.07, 6.45) is 6.80. The van der Waals surface area contributed by atoms with Crippen molar-refractivity contribution >= 4 is 0 Å². The van der Waals surface area contributed by atoms with Gasteiger partial charge in [0.2, 0.25) is 0 Å². The van der Waals surface area contributed by atoms with E-state index in [2.05, 4.69) is 24.5 Å². The van der Waals surface area contributed by atoms with E-state index in [9.17, 15) is 0 Å². The maximum Gasteiger partial charge on any atom is 0.0226 e. The fraction of sp³-hybridized carbons (Fsp3) is 1.00. The van der Waals surface area contributed by atoms with Gasteiger partial charge in [0.05, 0.1) is 0 Å². The van der Waals surface area contributed by atoms with Gasteiger partial charge in [-0.25, -0.2) is 0 Å². The van der Waals surface area contributed by atoms with E-state index in [-0.39, 0.29) is 0 Å². The van der Waals surface area contributed by atoms with Crippen LogP contribution in [0.4, 0.5) is 0 Å². The maximum absolute atomic E-state index is 3.79. The first kappa shape index (κ1) is 9.47. The van der Waals surface area contributed by atoms with E-state index in [1.54, 1.807) is 0 Å². The van der Waals surface area contributed by atoms with Crippen molar-refractivity contribution in [1.82, 2.24) is 10.6 Å². The van der Waals surface area contributed by atoms with Gasteiger partial charge in [-0.1, -0.05) is 12.8 Å². The van der Waals surface area contributed by atoms with Gasteiger partial charge in [0.1, 0.15) is 0 Å². The Morgan fingerprint density at radius 2 is 1.77 bits per heavy atom. The van der Waals surface area contributed by atoms with Gasteiger partial charge in [-0.3, -0.25) is 0 Å². The van der Waals surface area contributed by atoms with Crippen LogP contribution >= 0.6 is 0 Å². The molecular weight excluding hydrogens is 160 g/mol. The molecule has 2 N–H and O–H groups in total. The minimum atomic E-state index is 0.337. The highest BCUT2D eigenvalue weighted by Crippen LogP contribution is 2.24. The van der Waals surface area contributed by atoms with Crippen LogP contribution in [0.1, 0.15) is 46.0 Å². The maximum atomic E-state index is 3.79. The highest BCUT2D eigenvalue weighted by Gasteiger charge is 2.32. The van der Waals surface area contributed by atoms with Crippen LogP contribution in [0.2, 0.25) is 0 Å². The molecule has 1 saturated heterocycles. The molecule has 0 bridgehead atoms. The molecule has 2 rings (SSSR count). The molecule has 2 fully saturated rings. The van der Waals surface area contributed by atoms with Crippen molar-refractivity contribution in [2.24, 2.45) is 0 Å². The Morgan fingerprint density at radius 1 is 1.08 bits per heavy atom. The molecular formula is C11H22N2. The highest BCUT2D eigenvalue weighted by atomic mass is 15.1. The molecule has 2 nitrogen and oxygen atoms in total. The molecule has 0 amide bonds. The van der Waals surface area contributed by atoms with Gasteiger partial charge >= 0.3 is 0 Å². The number of fused-ring (bicyclic) bond motifs is 1. The first-order chi connectivity index (χ1) is 6.17. The van der Waals surface area contributed by atoms with Gasteiger partial charge in [-0.05, 0) is 39.7 Å². The normalized spacial score (nSPS) is 39.2. The Hall–Kier alpha value is -0.0800. The van der Waals surface area contributed by atoms with E-state index < -0.39 is 0 Å². The Balaban J connectivity index is 2.03. The van der Waals surface area contributed by atoms with Crippen molar-refractivity contribution in [2.75, 3.05) is 6.54 Å². The van der Waals surface area contributed by atoms with Crippen LogP contribution < -0.4 is 10.6 Å². The van der Waals surface area contributed by atoms with Crippen molar-refractivity contribution in [3.05, 3.63) is 0 Å². The summed E-state index contributed by atoms with van der Waals surface area (Å²) in [5, 5.41) is 7.47. The molecule has 0 spiro atoms. The van der Waals surface area contributed by atoms with Gasteiger partial charge in [-0.2, -0.15) is 0 Å². The molecule has 0 unspecified atom stereocenters. The third-order valence-electron chi connectivity index (χ3n) is 3.50. The molecule has 1 aliphatic carbocycles. The third-order valence-corrected chi connectivity index (χ3v) is 3.50. The molecule has 2 atom stereocenters. The van der Waals surface area contributed by atoms with Gasteiger partial charge in [0.25, 0.3) is 0 Å². The molecule has 13 heavy (non-hydrogen) atoms. The number of nitrogens with one attached hydrogen (secondary N) is 2. The summed E-state index contributed by atoms with van der Waals surface area (Å²) in [5.74, 6) is 0. The van der Waals surface area contributed by atoms with Crippen LogP contribution in [-0.2, 0) is 0 Å². The average Bonchev–Trinajstić information content (AvgIpc) is 2.21. The number of hydrogen-bond donors (Lipinski definition) is 2. The molecule has 1 heterocycles. The predicted octanol–water partition coefficient (Wildman–Crippen LogP) is 1.66. The van der Waals surface area contributed by atoms with Crippen molar-refractivity contribution in [1.29, 1.82) is 0 Å². The average molecular weight is 182 g/mol. The van der Waals surface area contributed by atoms with Crippen LogP contribution in [0.15, 0.2) is 0 Å². The van der Waals surface area contributed by atoms with Crippen molar-refractivity contribution in [3.8, 4) is 0 Å². The molecule has 0 aromatic heterocycles. The lowest BCUT2D eigenvalue weighted by molar-refractivity contribution is 0.263. The topological polar surface area (TPSA) is 24.1 Å². The first-order valence-electron chi connectivity index (χ1n) is 5.68. The molecule has 0 aromatic rings. The molecule has 2 heteroatoms.